The minimum atomic E-state index is 0.932. The molecule has 0 aliphatic carbocycles. The van der Waals surface area contributed by atoms with Crippen LogP contribution in [0.1, 0.15) is 30.2 Å². The number of fused-ring (bicyclic) bond motifs is 1. The van der Waals surface area contributed by atoms with Crippen LogP contribution in [0.3, 0.4) is 0 Å². The van der Waals surface area contributed by atoms with Gasteiger partial charge in [-0.25, -0.2) is 0 Å². The Morgan fingerprint density at radius 1 is 1.30 bits per heavy atom. The van der Waals surface area contributed by atoms with E-state index in [1.165, 1.54) is 22.3 Å². The van der Waals surface area contributed by atoms with E-state index in [4.69, 9.17) is 9.15 Å². The summed E-state index contributed by atoms with van der Waals surface area (Å²) < 4.78 is 10.9. The number of ether oxygens (including phenoxy) is 1. The first-order valence-electron chi connectivity index (χ1n) is 6.84. The molecule has 0 saturated heterocycles. The normalized spacial score (nSPS) is 16.7. The highest BCUT2D eigenvalue weighted by Crippen LogP contribution is 2.39. The van der Waals surface area contributed by atoms with E-state index >= 15 is 0 Å². The van der Waals surface area contributed by atoms with E-state index in [1.807, 2.05) is 30.0 Å². The van der Waals surface area contributed by atoms with Gasteiger partial charge in [0.2, 0.25) is 0 Å². The molecule has 104 valence electrons. The van der Waals surface area contributed by atoms with Crippen LogP contribution in [0, 0.1) is 0 Å². The zero-order valence-corrected chi connectivity index (χ0v) is 12.6. The number of thioether (sulfide) groups is 1. The van der Waals surface area contributed by atoms with Gasteiger partial charge in [-0.2, -0.15) is 11.8 Å². The molecular weight excluding hydrogens is 268 g/mol. The van der Waals surface area contributed by atoms with Crippen molar-refractivity contribution in [1.82, 2.24) is 0 Å². The van der Waals surface area contributed by atoms with Crippen molar-refractivity contribution in [3.05, 3.63) is 53.5 Å². The molecule has 20 heavy (non-hydrogen) atoms. The summed E-state index contributed by atoms with van der Waals surface area (Å²) in [6, 6.07) is 10.4. The Morgan fingerprint density at radius 3 is 2.90 bits per heavy atom. The topological polar surface area (TPSA) is 22.4 Å². The summed E-state index contributed by atoms with van der Waals surface area (Å²) in [6.45, 7) is 2.19. The van der Waals surface area contributed by atoms with Crippen molar-refractivity contribution in [2.24, 2.45) is 0 Å². The quantitative estimate of drug-likeness (QED) is 0.805. The molecule has 0 N–H and O–H groups in total. The van der Waals surface area contributed by atoms with Crippen molar-refractivity contribution in [3.8, 4) is 5.75 Å². The minimum absolute atomic E-state index is 0.932. The van der Waals surface area contributed by atoms with Crippen molar-refractivity contribution < 1.29 is 9.15 Å². The summed E-state index contributed by atoms with van der Waals surface area (Å²) in [5.41, 5.74) is 5.41. The Balaban J connectivity index is 2.13. The molecule has 0 spiro atoms. The summed E-state index contributed by atoms with van der Waals surface area (Å²) >= 11 is 1.95. The number of allylic oxidation sites excluding steroid dienone is 1. The average Bonchev–Trinajstić information content (AvgIpc) is 3.02. The number of hydrogen-bond donors (Lipinski definition) is 0. The highest BCUT2D eigenvalue weighted by atomic mass is 32.2. The van der Waals surface area contributed by atoms with Gasteiger partial charge in [0, 0.05) is 11.5 Å². The predicted molar refractivity (Wildman–Crippen MR) is 85.0 cm³/mol. The predicted octanol–water partition coefficient (Wildman–Crippen LogP) is 4.86. The van der Waals surface area contributed by atoms with Crippen LogP contribution in [0.2, 0.25) is 0 Å². The van der Waals surface area contributed by atoms with Crippen molar-refractivity contribution in [3.63, 3.8) is 0 Å². The van der Waals surface area contributed by atoms with Crippen LogP contribution < -0.4 is 4.74 Å². The van der Waals surface area contributed by atoms with Gasteiger partial charge >= 0.3 is 0 Å². The minimum Gasteiger partial charge on any atom is -0.497 e. The molecule has 0 amide bonds. The maximum absolute atomic E-state index is 5.61. The number of benzene rings is 1. The van der Waals surface area contributed by atoms with Crippen molar-refractivity contribution >= 4 is 22.9 Å². The SMILES string of the molecule is CC/C(=C1/CSCc2cc(OC)ccc21)c1ccco1. The fraction of sp³-hybridized carbons (Fsp3) is 0.294. The van der Waals surface area contributed by atoms with Crippen molar-refractivity contribution in [2.45, 2.75) is 19.1 Å². The van der Waals surface area contributed by atoms with E-state index in [2.05, 4.69) is 19.1 Å². The zero-order chi connectivity index (χ0) is 13.9. The monoisotopic (exact) mass is 286 g/mol. The smallest absolute Gasteiger partial charge is 0.130 e. The largest absolute Gasteiger partial charge is 0.497 e. The van der Waals surface area contributed by atoms with Gasteiger partial charge in [0.25, 0.3) is 0 Å². The van der Waals surface area contributed by atoms with Crippen LogP contribution in [-0.4, -0.2) is 12.9 Å². The molecular formula is C17H18O2S. The fourth-order valence-electron chi connectivity index (χ4n) is 2.69. The summed E-state index contributed by atoms with van der Waals surface area (Å²) in [4.78, 5) is 0. The van der Waals surface area contributed by atoms with E-state index in [0.29, 0.717) is 0 Å². The Kier molecular flexibility index (Phi) is 3.88. The zero-order valence-electron chi connectivity index (χ0n) is 11.8. The number of methoxy groups -OCH3 is 1. The molecule has 0 atom stereocenters. The lowest BCUT2D eigenvalue weighted by atomic mass is 9.94. The van der Waals surface area contributed by atoms with E-state index < -0.39 is 0 Å². The molecule has 0 bridgehead atoms. The Bertz CT molecular complexity index is 626. The molecule has 1 aromatic carbocycles. The summed E-state index contributed by atoms with van der Waals surface area (Å²) in [6.07, 6.45) is 2.73. The lowest BCUT2D eigenvalue weighted by molar-refractivity contribution is 0.414. The summed E-state index contributed by atoms with van der Waals surface area (Å²) in [5.74, 6) is 4.02. The standard InChI is InChI=1S/C17H18O2S/c1-3-14(17-5-4-8-19-17)16-11-20-10-12-9-13(18-2)6-7-15(12)16/h4-9H,3,10-11H2,1-2H3/b16-14+. The van der Waals surface area contributed by atoms with Gasteiger partial charge in [0.1, 0.15) is 11.5 Å². The average molecular weight is 286 g/mol. The van der Waals surface area contributed by atoms with Gasteiger partial charge in [-0.1, -0.05) is 13.0 Å². The fourth-order valence-corrected chi connectivity index (χ4v) is 3.78. The molecule has 1 aliphatic heterocycles. The second kappa shape index (κ2) is 5.80. The lowest BCUT2D eigenvalue weighted by Crippen LogP contribution is -2.04. The van der Waals surface area contributed by atoms with E-state index in [1.54, 1.807) is 13.4 Å². The van der Waals surface area contributed by atoms with Crippen LogP contribution in [0.4, 0.5) is 0 Å². The van der Waals surface area contributed by atoms with Crippen LogP contribution in [-0.2, 0) is 5.75 Å². The molecule has 1 aliphatic rings. The molecule has 0 radical (unpaired) electrons. The van der Waals surface area contributed by atoms with Crippen molar-refractivity contribution in [2.75, 3.05) is 12.9 Å². The van der Waals surface area contributed by atoms with Crippen LogP contribution >= 0.6 is 11.8 Å². The van der Waals surface area contributed by atoms with Crippen LogP contribution in [0.25, 0.3) is 11.1 Å². The van der Waals surface area contributed by atoms with Crippen molar-refractivity contribution in [1.29, 1.82) is 0 Å². The van der Waals surface area contributed by atoms with Gasteiger partial charge in [-0.15, -0.1) is 0 Å². The Hall–Kier alpha value is -1.61. The highest BCUT2D eigenvalue weighted by molar-refractivity contribution is 7.99. The Morgan fingerprint density at radius 2 is 2.20 bits per heavy atom. The first-order chi connectivity index (χ1) is 9.83. The van der Waals surface area contributed by atoms with E-state index in [9.17, 15) is 0 Å². The van der Waals surface area contributed by atoms with E-state index in [-0.39, 0.29) is 0 Å². The number of hydrogen-bond acceptors (Lipinski definition) is 3. The lowest BCUT2D eigenvalue weighted by Gasteiger charge is -2.22. The third-order valence-corrected chi connectivity index (χ3v) is 4.69. The second-order valence-electron chi connectivity index (χ2n) is 4.80. The van der Waals surface area contributed by atoms with Gasteiger partial charge in [-0.05, 0) is 53.0 Å². The summed E-state index contributed by atoms with van der Waals surface area (Å²) in [5, 5.41) is 0. The molecule has 3 heteroatoms. The maximum Gasteiger partial charge on any atom is 0.130 e. The molecule has 2 nitrogen and oxygen atoms in total. The number of furan rings is 1. The molecule has 0 saturated carbocycles. The van der Waals surface area contributed by atoms with Gasteiger partial charge in [0.05, 0.1) is 13.4 Å². The summed E-state index contributed by atoms with van der Waals surface area (Å²) in [7, 11) is 1.72. The first-order valence-corrected chi connectivity index (χ1v) is 8.00. The van der Waals surface area contributed by atoms with Gasteiger partial charge in [0.15, 0.2) is 0 Å². The molecule has 1 aromatic heterocycles. The molecule has 0 unspecified atom stereocenters. The third-order valence-electron chi connectivity index (χ3n) is 3.68. The second-order valence-corrected chi connectivity index (χ2v) is 5.79. The first kappa shape index (κ1) is 13.4. The number of rotatable bonds is 3. The van der Waals surface area contributed by atoms with Crippen LogP contribution in [0.5, 0.6) is 5.75 Å². The van der Waals surface area contributed by atoms with Crippen LogP contribution in [0.15, 0.2) is 41.0 Å². The van der Waals surface area contributed by atoms with Gasteiger partial charge < -0.3 is 9.15 Å². The molecule has 2 aromatic rings. The molecule has 3 rings (SSSR count). The highest BCUT2D eigenvalue weighted by Gasteiger charge is 2.19. The Labute approximate surface area is 123 Å². The van der Waals surface area contributed by atoms with E-state index in [0.717, 1.165) is 29.4 Å². The third kappa shape index (κ3) is 2.38. The molecule has 2 heterocycles. The maximum atomic E-state index is 5.61. The molecule has 0 fully saturated rings. The van der Waals surface area contributed by atoms with Gasteiger partial charge in [-0.3, -0.25) is 0 Å².